The van der Waals surface area contributed by atoms with Gasteiger partial charge in [-0.05, 0) is 78.0 Å². The number of aliphatic imine (C=N–C) groups is 1. The van der Waals surface area contributed by atoms with Gasteiger partial charge in [-0.1, -0.05) is 17.7 Å². The molecule has 26 heavy (non-hydrogen) atoms. The first-order chi connectivity index (χ1) is 12.6. The number of aromatic hydroxyl groups is 1. The summed E-state index contributed by atoms with van der Waals surface area (Å²) in [4.78, 5) is 9.03. The maximum atomic E-state index is 9.92. The first-order valence-corrected chi connectivity index (χ1v) is 9.16. The van der Waals surface area contributed by atoms with Gasteiger partial charge < -0.3 is 9.52 Å². The van der Waals surface area contributed by atoms with Gasteiger partial charge in [0.15, 0.2) is 5.58 Å². The van der Waals surface area contributed by atoms with Crippen LogP contribution < -0.4 is 0 Å². The Morgan fingerprint density at radius 3 is 2.81 bits per heavy atom. The van der Waals surface area contributed by atoms with Crippen molar-refractivity contribution in [2.24, 2.45) is 4.99 Å². The summed E-state index contributed by atoms with van der Waals surface area (Å²) in [6, 6.07) is 19.1. The van der Waals surface area contributed by atoms with E-state index in [1.807, 2.05) is 61.5 Å². The summed E-state index contributed by atoms with van der Waals surface area (Å²) < 4.78 is 6.99. The molecule has 0 bridgehead atoms. The lowest BCUT2D eigenvalue weighted by molar-refractivity contribution is 0.474. The number of halogens is 1. The Bertz CT molecular complexity index is 1130. The van der Waals surface area contributed by atoms with Gasteiger partial charge in [0.1, 0.15) is 11.3 Å². The fraction of sp³-hybridized carbons (Fsp3) is 0.0476. The van der Waals surface area contributed by atoms with E-state index in [1.54, 1.807) is 12.3 Å². The Morgan fingerprint density at radius 1 is 1.08 bits per heavy atom. The summed E-state index contributed by atoms with van der Waals surface area (Å²) in [5.74, 6) is 0.804. The minimum atomic E-state index is 0.211. The second-order valence-corrected chi connectivity index (χ2v) is 7.25. The molecule has 0 spiro atoms. The molecule has 0 fully saturated rings. The van der Waals surface area contributed by atoms with E-state index in [2.05, 4.69) is 32.6 Å². The summed E-state index contributed by atoms with van der Waals surface area (Å²) in [5.41, 5.74) is 4.92. The second kappa shape index (κ2) is 6.92. The molecule has 4 aromatic rings. The van der Waals surface area contributed by atoms with E-state index in [-0.39, 0.29) is 5.75 Å². The molecular formula is C21H15IN2O2. The molecule has 0 aliphatic carbocycles. The number of aromatic nitrogens is 1. The van der Waals surface area contributed by atoms with Gasteiger partial charge in [-0.25, -0.2) is 4.98 Å². The van der Waals surface area contributed by atoms with Crippen LogP contribution in [0.25, 0.3) is 22.6 Å². The van der Waals surface area contributed by atoms with E-state index in [9.17, 15) is 5.11 Å². The highest BCUT2D eigenvalue weighted by molar-refractivity contribution is 14.1. The summed E-state index contributed by atoms with van der Waals surface area (Å²) in [7, 11) is 0. The van der Waals surface area contributed by atoms with Gasteiger partial charge >= 0.3 is 0 Å². The van der Waals surface area contributed by atoms with Crippen molar-refractivity contribution in [1.82, 2.24) is 4.98 Å². The van der Waals surface area contributed by atoms with Gasteiger partial charge in [0.2, 0.25) is 5.89 Å². The van der Waals surface area contributed by atoms with Gasteiger partial charge in [-0.2, -0.15) is 0 Å². The van der Waals surface area contributed by atoms with Crippen LogP contribution in [0.15, 0.2) is 70.1 Å². The lowest BCUT2D eigenvalue weighted by Gasteiger charge is -2.00. The molecule has 0 atom stereocenters. The number of rotatable bonds is 3. The molecule has 0 amide bonds. The van der Waals surface area contributed by atoms with Crippen LogP contribution in [-0.4, -0.2) is 16.3 Å². The molecule has 1 heterocycles. The van der Waals surface area contributed by atoms with E-state index >= 15 is 0 Å². The van der Waals surface area contributed by atoms with Crippen LogP contribution in [0.4, 0.5) is 5.69 Å². The quantitative estimate of drug-likeness (QED) is 0.312. The van der Waals surface area contributed by atoms with Crippen molar-refractivity contribution in [3.8, 4) is 17.2 Å². The van der Waals surface area contributed by atoms with E-state index < -0.39 is 0 Å². The van der Waals surface area contributed by atoms with Crippen molar-refractivity contribution in [1.29, 1.82) is 0 Å². The Morgan fingerprint density at radius 2 is 1.96 bits per heavy atom. The molecule has 0 radical (unpaired) electrons. The molecule has 4 nitrogen and oxygen atoms in total. The van der Waals surface area contributed by atoms with Crippen LogP contribution in [0.1, 0.15) is 11.1 Å². The number of phenols is 1. The van der Waals surface area contributed by atoms with Crippen molar-refractivity contribution in [3.05, 3.63) is 75.4 Å². The topological polar surface area (TPSA) is 58.6 Å². The largest absolute Gasteiger partial charge is 0.507 e. The SMILES string of the molecule is Cc1ccc(O)c(C=Nc2ccc3oc(-c4cccc(I)c4)nc3c2)c1. The lowest BCUT2D eigenvalue weighted by atomic mass is 10.1. The number of benzene rings is 3. The van der Waals surface area contributed by atoms with E-state index in [0.29, 0.717) is 11.5 Å². The molecule has 0 saturated carbocycles. The first kappa shape index (κ1) is 16.8. The monoisotopic (exact) mass is 454 g/mol. The molecule has 0 saturated heterocycles. The molecular weight excluding hydrogens is 439 g/mol. The molecule has 3 aromatic carbocycles. The smallest absolute Gasteiger partial charge is 0.227 e. The second-order valence-electron chi connectivity index (χ2n) is 6.00. The van der Waals surface area contributed by atoms with Crippen molar-refractivity contribution in [2.75, 3.05) is 0 Å². The van der Waals surface area contributed by atoms with Crippen molar-refractivity contribution < 1.29 is 9.52 Å². The van der Waals surface area contributed by atoms with Crippen LogP contribution in [0.2, 0.25) is 0 Å². The Labute approximate surface area is 164 Å². The number of hydrogen-bond acceptors (Lipinski definition) is 4. The van der Waals surface area contributed by atoms with Crippen molar-refractivity contribution in [3.63, 3.8) is 0 Å². The molecule has 4 rings (SSSR count). The molecule has 1 aromatic heterocycles. The van der Waals surface area contributed by atoms with Crippen molar-refractivity contribution in [2.45, 2.75) is 6.92 Å². The maximum absolute atomic E-state index is 9.92. The predicted octanol–water partition coefficient (Wildman–Crippen LogP) is 5.86. The van der Waals surface area contributed by atoms with Gasteiger partial charge in [0, 0.05) is 20.9 Å². The highest BCUT2D eigenvalue weighted by Gasteiger charge is 2.09. The van der Waals surface area contributed by atoms with E-state index in [0.717, 1.165) is 31.5 Å². The summed E-state index contributed by atoms with van der Waals surface area (Å²) >= 11 is 2.27. The van der Waals surface area contributed by atoms with Gasteiger partial charge in [-0.15, -0.1) is 0 Å². The number of aryl methyl sites for hydroxylation is 1. The highest BCUT2D eigenvalue weighted by Crippen LogP contribution is 2.28. The van der Waals surface area contributed by atoms with E-state index in [1.165, 1.54) is 0 Å². The average Bonchev–Trinajstić information content (AvgIpc) is 3.06. The maximum Gasteiger partial charge on any atom is 0.227 e. The lowest BCUT2D eigenvalue weighted by Crippen LogP contribution is -1.83. The third kappa shape index (κ3) is 3.48. The Hall–Kier alpha value is -2.67. The van der Waals surface area contributed by atoms with E-state index in [4.69, 9.17) is 4.42 Å². The number of fused-ring (bicyclic) bond motifs is 1. The van der Waals surface area contributed by atoms with Crippen LogP contribution in [0, 0.1) is 10.5 Å². The fourth-order valence-corrected chi connectivity index (χ4v) is 3.21. The summed E-state index contributed by atoms with van der Waals surface area (Å²) in [6.07, 6.45) is 1.66. The minimum Gasteiger partial charge on any atom is -0.507 e. The Balaban J connectivity index is 1.67. The summed E-state index contributed by atoms with van der Waals surface area (Å²) in [5, 5.41) is 9.92. The number of phenolic OH excluding ortho intramolecular Hbond substituents is 1. The molecule has 5 heteroatoms. The number of hydrogen-bond donors (Lipinski definition) is 1. The predicted molar refractivity (Wildman–Crippen MR) is 112 cm³/mol. The number of nitrogens with zero attached hydrogens (tertiary/aromatic N) is 2. The molecule has 0 aliphatic rings. The van der Waals surface area contributed by atoms with Crippen LogP contribution in [-0.2, 0) is 0 Å². The summed E-state index contributed by atoms with van der Waals surface area (Å²) in [6.45, 7) is 1.98. The third-order valence-corrected chi connectivity index (χ3v) is 4.65. The fourth-order valence-electron chi connectivity index (χ4n) is 2.66. The standard InChI is InChI=1S/C21H15IN2O2/c1-13-5-7-19(25)15(9-13)12-23-17-6-8-20-18(11-17)24-21(26-20)14-3-2-4-16(22)10-14/h2-12,25H,1H3. The van der Waals surface area contributed by atoms with Crippen LogP contribution in [0.5, 0.6) is 5.75 Å². The molecule has 128 valence electrons. The molecule has 1 N–H and O–H groups in total. The molecule has 0 unspecified atom stereocenters. The number of oxazole rings is 1. The van der Waals surface area contributed by atoms with Gasteiger partial charge in [-0.3, -0.25) is 4.99 Å². The normalized spacial score (nSPS) is 11.5. The van der Waals surface area contributed by atoms with Crippen LogP contribution in [0.3, 0.4) is 0 Å². The van der Waals surface area contributed by atoms with Crippen LogP contribution >= 0.6 is 22.6 Å². The molecule has 0 aliphatic heterocycles. The first-order valence-electron chi connectivity index (χ1n) is 8.09. The Kier molecular flexibility index (Phi) is 4.46. The zero-order valence-corrected chi connectivity index (χ0v) is 16.1. The van der Waals surface area contributed by atoms with Gasteiger partial charge in [0.25, 0.3) is 0 Å². The zero-order chi connectivity index (χ0) is 18.1. The third-order valence-electron chi connectivity index (χ3n) is 3.98. The zero-order valence-electron chi connectivity index (χ0n) is 14.0. The van der Waals surface area contributed by atoms with Gasteiger partial charge in [0.05, 0.1) is 5.69 Å². The average molecular weight is 454 g/mol. The highest BCUT2D eigenvalue weighted by atomic mass is 127. The van der Waals surface area contributed by atoms with Crippen molar-refractivity contribution >= 4 is 45.6 Å². The minimum absolute atomic E-state index is 0.211.